The second-order valence-electron chi connectivity index (χ2n) is 28.4. The molecule has 2 aromatic heterocycles. The molecule has 7 rings (SSSR count). The summed E-state index contributed by atoms with van der Waals surface area (Å²) < 4.78 is 0. The van der Waals surface area contributed by atoms with Crippen molar-refractivity contribution in [2.24, 2.45) is 17.4 Å². The Hall–Kier alpha value is -11.9. The molecular weight excluding hydrogens is 1550 g/mol. The summed E-state index contributed by atoms with van der Waals surface area (Å²) in [5.41, 5.74) is 13.5. The number of phenols is 1. The first-order chi connectivity index (χ1) is 55.4. The third kappa shape index (κ3) is 27.7. The van der Waals surface area contributed by atoms with Crippen molar-refractivity contribution in [1.82, 2.24) is 94.3 Å². The van der Waals surface area contributed by atoms with Crippen molar-refractivity contribution in [3.05, 3.63) is 120 Å². The van der Waals surface area contributed by atoms with E-state index in [1.165, 1.54) is 41.7 Å². The molecule has 0 unspecified atom stereocenters. The van der Waals surface area contributed by atoms with Crippen LogP contribution in [0.3, 0.4) is 0 Å². The van der Waals surface area contributed by atoms with Crippen LogP contribution in [0.5, 0.6) is 5.75 Å². The summed E-state index contributed by atoms with van der Waals surface area (Å²) in [5, 5.41) is 74.7. The molecule has 0 spiro atoms. The van der Waals surface area contributed by atoms with E-state index < -0.39 is 217 Å². The van der Waals surface area contributed by atoms with Crippen LogP contribution in [-0.2, 0) is 97.6 Å². The molecule has 2 aliphatic heterocycles. The molecule has 2 saturated heterocycles. The van der Waals surface area contributed by atoms with Crippen LogP contribution >= 0.6 is 25.3 Å². The minimum atomic E-state index is -1.97. The second kappa shape index (κ2) is 45.3. The zero-order valence-electron chi connectivity index (χ0n) is 64.2. The van der Waals surface area contributed by atoms with Crippen LogP contribution in [0.1, 0.15) is 94.5 Å². The van der Waals surface area contributed by atoms with E-state index in [2.05, 4.69) is 115 Å². The fourth-order valence-electron chi connectivity index (χ4n) is 13.0. The van der Waals surface area contributed by atoms with E-state index in [4.69, 9.17) is 16.9 Å². The number of carbonyl (C=O) groups excluding carboxylic acids is 15. The number of nitrogens with zero attached hydrogens (tertiary/aromatic N) is 2. The highest BCUT2D eigenvalue weighted by molar-refractivity contribution is 7.80. The number of aromatic nitrogens is 3. The predicted molar refractivity (Wildman–Crippen MR) is 426 cm³/mol. The number of aliphatic hydroxyl groups is 2. The quantitative estimate of drug-likeness (QED) is 0.00883. The zero-order chi connectivity index (χ0) is 84.7. The van der Waals surface area contributed by atoms with Crippen molar-refractivity contribution in [1.29, 1.82) is 5.41 Å². The molecule has 24 N–H and O–H groups in total. The topological polar surface area (TPSA) is 609 Å². The first-order valence-corrected chi connectivity index (χ1v) is 39.0. The molecule has 2 aliphatic rings. The fraction of sp³-hybridized carbons (Fsp3) is 0.480. The number of primary amides is 1. The van der Waals surface area contributed by atoms with Crippen molar-refractivity contribution in [2.75, 3.05) is 44.4 Å². The summed E-state index contributed by atoms with van der Waals surface area (Å²) >= 11 is 8.74. The van der Waals surface area contributed by atoms with Gasteiger partial charge in [0.15, 0.2) is 5.96 Å². The van der Waals surface area contributed by atoms with Crippen LogP contribution in [0.4, 0.5) is 0 Å². The lowest BCUT2D eigenvalue weighted by Crippen LogP contribution is -2.62. The number of hydrogen-bond donors (Lipinski definition) is 24. The van der Waals surface area contributed by atoms with Crippen LogP contribution < -0.4 is 85.9 Å². The number of imidazole rings is 1. The Kier molecular flexibility index (Phi) is 35.7. The van der Waals surface area contributed by atoms with Gasteiger partial charge < -0.3 is 116 Å². The molecule has 39 nitrogen and oxygen atoms in total. The van der Waals surface area contributed by atoms with Crippen molar-refractivity contribution in [2.45, 2.75) is 176 Å². The number of nitrogens with one attached hydrogen (secondary N) is 17. The number of guanidine groups is 1. The number of amides is 15. The zero-order valence-corrected chi connectivity index (χ0v) is 66.0. The number of aromatic amines is 2. The number of H-pyrrole nitrogens is 2. The summed E-state index contributed by atoms with van der Waals surface area (Å²) in [7, 11) is 0. The first-order valence-electron chi connectivity index (χ1n) is 37.7. The Labute approximate surface area is 678 Å². The Morgan fingerprint density at radius 3 is 1.84 bits per heavy atom. The second-order valence-corrected chi connectivity index (χ2v) is 29.1. The molecule has 0 saturated carbocycles. The maximum absolute atomic E-state index is 15.2. The fourth-order valence-corrected chi connectivity index (χ4v) is 13.5. The molecule has 628 valence electrons. The minimum absolute atomic E-state index is 0.00151. The molecule has 0 radical (unpaired) electrons. The van der Waals surface area contributed by atoms with Gasteiger partial charge in [0.25, 0.3) is 0 Å². The molecule has 41 heteroatoms. The van der Waals surface area contributed by atoms with Gasteiger partial charge in [-0.05, 0) is 85.8 Å². The number of phenolic OH excluding ortho intramolecular Hbond substituents is 1. The lowest BCUT2D eigenvalue weighted by atomic mass is 10.0. The van der Waals surface area contributed by atoms with E-state index in [9.17, 15) is 63.3 Å². The van der Waals surface area contributed by atoms with E-state index in [-0.39, 0.29) is 88.9 Å². The van der Waals surface area contributed by atoms with Crippen molar-refractivity contribution in [3.8, 4) is 5.75 Å². The van der Waals surface area contributed by atoms with E-state index in [0.29, 0.717) is 34.0 Å². The Bertz CT molecular complexity index is 4270. The molecule has 2 fully saturated rings. The molecule has 0 bridgehead atoms. The summed E-state index contributed by atoms with van der Waals surface area (Å²) in [4.78, 5) is 226. The average molecular weight is 1650 g/mol. The third-order valence-corrected chi connectivity index (χ3v) is 19.9. The third-order valence-electron chi connectivity index (χ3n) is 19.2. The molecule has 15 amide bonds. The molecule has 116 heavy (non-hydrogen) atoms. The largest absolute Gasteiger partial charge is 0.508 e. The van der Waals surface area contributed by atoms with Gasteiger partial charge in [-0.15, -0.1) is 0 Å². The first kappa shape index (κ1) is 91.3. The summed E-state index contributed by atoms with van der Waals surface area (Å²) in [6, 6.07) is 0.353. The normalized spacial score (nSPS) is 21.0. The SMILES string of the molecule is CC(=O)N[C@@H](CO)C(=O)N[C@@H](Cc1ccc(O)cc1)C(=O)N[C@@H](CO)C(=O)N[C@@H](CS)C(=O)N[C@H]1CC(=O)NCCCC[C@@H](C(=O)N2CCC[C@H]2C(=O)N[C@H](C(N)=O)C(C)C)NC(=O)[C@H](CS)NC(=O)[C@H](Cc2c[nH]c3ccccc23)NC(=O)[C@H](CCCNC(=N)N)NC(=O)[C@@H](Cc2ccccc2)NC(=O)[C@H](Cc2cnc[nH]2)NC1=O. The van der Waals surface area contributed by atoms with Gasteiger partial charge in [0.05, 0.1) is 26.0 Å². The van der Waals surface area contributed by atoms with Gasteiger partial charge >= 0.3 is 0 Å². The van der Waals surface area contributed by atoms with Crippen LogP contribution in [0.15, 0.2) is 97.6 Å². The van der Waals surface area contributed by atoms with E-state index in [1.807, 2.05) is 0 Å². The highest BCUT2D eigenvalue weighted by Gasteiger charge is 2.42. The lowest BCUT2D eigenvalue weighted by molar-refractivity contribution is -0.142. The van der Waals surface area contributed by atoms with E-state index in [1.54, 1.807) is 74.6 Å². The van der Waals surface area contributed by atoms with Crippen LogP contribution in [-0.4, -0.2) is 253 Å². The summed E-state index contributed by atoms with van der Waals surface area (Å²) in [5.74, 6) is -16.4. The van der Waals surface area contributed by atoms with Crippen molar-refractivity contribution < 1.29 is 87.2 Å². The number of thiol groups is 2. The van der Waals surface area contributed by atoms with E-state index in [0.717, 1.165) is 6.92 Å². The number of para-hydroxylation sites is 1. The molecule has 0 aliphatic carbocycles. The van der Waals surface area contributed by atoms with Gasteiger partial charge in [-0.2, -0.15) is 25.3 Å². The predicted octanol–water partition coefficient (Wildman–Crippen LogP) is -5.37. The minimum Gasteiger partial charge on any atom is -0.508 e. The Morgan fingerprint density at radius 2 is 1.22 bits per heavy atom. The lowest BCUT2D eigenvalue weighted by Gasteiger charge is -2.31. The van der Waals surface area contributed by atoms with Crippen LogP contribution in [0.2, 0.25) is 0 Å². The van der Waals surface area contributed by atoms with Gasteiger partial charge in [-0.1, -0.05) is 74.5 Å². The number of carbonyl (C=O) groups is 15. The smallest absolute Gasteiger partial charge is 0.245 e. The van der Waals surface area contributed by atoms with Gasteiger partial charge in [-0.25, -0.2) is 4.98 Å². The number of benzene rings is 3. The number of aliphatic hydroxyl groups excluding tert-OH is 2. The number of rotatable bonds is 30. The monoisotopic (exact) mass is 1650 g/mol. The number of aromatic hydroxyl groups is 1. The highest BCUT2D eigenvalue weighted by atomic mass is 32.1. The van der Waals surface area contributed by atoms with Gasteiger partial charge in [0.2, 0.25) is 88.6 Å². The number of nitrogens with two attached hydrogens (primary N) is 2. The van der Waals surface area contributed by atoms with E-state index >= 15 is 24.0 Å². The number of likely N-dealkylation sites (tertiary alicyclic amines) is 1. The summed E-state index contributed by atoms with van der Waals surface area (Å²) in [6.45, 7) is 2.19. The molecule has 5 aromatic rings. The maximum atomic E-state index is 15.2. The molecular formula is C75H103N21O18S2. The average Bonchev–Trinajstić information content (AvgIpc) is 1.66. The molecule has 13 atom stereocenters. The molecule has 4 heterocycles. The van der Waals surface area contributed by atoms with Crippen molar-refractivity contribution in [3.63, 3.8) is 0 Å². The highest BCUT2D eigenvalue weighted by Crippen LogP contribution is 2.23. The van der Waals surface area contributed by atoms with Crippen LogP contribution in [0.25, 0.3) is 10.9 Å². The Morgan fingerprint density at radius 1 is 0.629 bits per heavy atom. The van der Waals surface area contributed by atoms with Crippen molar-refractivity contribution >= 4 is 131 Å². The maximum Gasteiger partial charge on any atom is 0.245 e. The Balaban J connectivity index is 1.25. The number of fused-ring (bicyclic) bond motifs is 1. The van der Waals surface area contributed by atoms with Gasteiger partial charge in [-0.3, -0.25) is 77.3 Å². The summed E-state index contributed by atoms with van der Waals surface area (Å²) in [6.07, 6.45) is 2.28. The number of hydrogen-bond acceptors (Lipinski definition) is 22. The van der Waals surface area contributed by atoms with Gasteiger partial charge in [0, 0.05) is 92.7 Å². The van der Waals surface area contributed by atoms with Gasteiger partial charge in [0.1, 0.15) is 84.3 Å². The standard InChI is InChI=1S/C75H103N21O18S2/c1-39(2)61(62(76)102)95-73(113)59-19-12-26-96(59)74(114)49-17-9-10-24-80-60(101)31-54(91-72(112)58(37-116)94-70(110)56(35-98)92-65(105)51(28-42-20-22-45(100)23-21-42)88-69(109)55(34-97)84-40(3)99)68(108)90-53(30-44-33-79-38-83-44)67(107)87-50(27-41-13-5-4-6-14-41)64(104)85-48(18-11-25-81-75(77)78)63(103)89-52(66(106)93-57(36-115)71(111)86-49)29-43-32-82-47-16-8-7-15-46(43)47/h4-8,13-16,20-23,32-33,38-39,48-59,61,82,97-98,100,115-116H,9-12,17-19,24-31,34-37H2,1-3H3,(H2,76,102)(H,79,83)(H,80,101)(H,84,99)(H,85,104)(H,86,111)(H,87,107)(H,88,109)(H,89,103)(H,90,108)(H,91,112)(H,92,105)(H,93,106)(H,94,110)(H,95,113)(H4,77,78,81)/t48-,49-,50+,51-,52-,53-,54-,55-,56-,57-,58-,59-,61-/m0/s1. The van der Waals surface area contributed by atoms with Crippen LogP contribution in [0, 0.1) is 11.3 Å². The molecule has 3 aromatic carbocycles.